The van der Waals surface area contributed by atoms with Gasteiger partial charge in [-0.05, 0) is 92.1 Å². The molecule has 9 rings (SSSR count). The average molecular weight is 835 g/mol. The van der Waals surface area contributed by atoms with Crippen LogP contribution in [0.3, 0.4) is 0 Å². The number of rotatable bonds is 7. The van der Waals surface area contributed by atoms with Crippen LogP contribution in [0.4, 0.5) is 40.4 Å². The number of imide groups is 2. The molecule has 3 saturated heterocycles. The van der Waals surface area contributed by atoms with Crippen LogP contribution in [0.5, 0.6) is 0 Å². The van der Waals surface area contributed by atoms with E-state index in [4.69, 9.17) is 0 Å². The molecule has 0 radical (unpaired) electrons. The number of piperidine rings is 1. The highest BCUT2D eigenvalue weighted by Crippen LogP contribution is 2.48. The molecule has 0 saturated carbocycles. The van der Waals surface area contributed by atoms with Crippen molar-refractivity contribution in [2.75, 3.05) is 60.5 Å². The molecule has 0 spiro atoms. The van der Waals surface area contributed by atoms with Crippen LogP contribution in [-0.2, 0) is 26.0 Å². The second kappa shape index (κ2) is 14.5. The SMILES string of the molecule is CC1(C)C(=O)N(c2ccc(C#N)c(C(F)(F)F)c2)c2ccc(-c3ccc(N4CC(CN5CCN(c6ccc7c(c6)C(=O)N(C6CCC(=O)NC6=O)C7=O)CC5)C4)nc3F)cc21. The Labute approximate surface area is 347 Å². The molecule has 17 heteroatoms. The van der Waals surface area contributed by atoms with Crippen LogP contribution in [0.1, 0.15) is 64.1 Å². The summed E-state index contributed by atoms with van der Waals surface area (Å²) in [5.41, 5.74) is -0.00909. The van der Waals surface area contributed by atoms with E-state index in [0.29, 0.717) is 54.7 Å². The van der Waals surface area contributed by atoms with E-state index in [9.17, 15) is 42.4 Å². The molecule has 4 aromatic rings. The molecule has 1 N–H and O–H groups in total. The number of hydrogen-bond acceptors (Lipinski definition) is 10. The molecule has 312 valence electrons. The first-order chi connectivity index (χ1) is 29.0. The number of carbonyl (C=O) groups is 5. The van der Waals surface area contributed by atoms with Crippen LogP contribution in [0, 0.1) is 23.2 Å². The van der Waals surface area contributed by atoms with Gasteiger partial charge in [0.25, 0.3) is 11.8 Å². The topological polar surface area (TPSA) is 150 Å². The quantitative estimate of drug-likeness (QED) is 0.146. The Balaban J connectivity index is 0.811. The number of nitrogens with zero attached hydrogens (tertiary/aromatic N) is 7. The monoisotopic (exact) mass is 834 g/mol. The number of amides is 5. The lowest BCUT2D eigenvalue weighted by molar-refractivity contribution is -0.138. The third-order valence-electron chi connectivity index (χ3n) is 12.4. The van der Waals surface area contributed by atoms with Gasteiger partial charge >= 0.3 is 6.18 Å². The van der Waals surface area contributed by atoms with Gasteiger partial charge in [-0.2, -0.15) is 22.8 Å². The Bertz CT molecular complexity index is 2610. The van der Waals surface area contributed by atoms with Gasteiger partial charge in [0, 0.05) is 75.1 Å². The highest BCUT2D eigenvalue weighted by Gasteiger charge is 2.47. The summed E-state index contributed by atoms with van der Waals surface area (Å²) >= 11 is 0. The number of carbonyl (C=O) groups excluding carboxylic acids is 5. The van der Waals surface area contributed by atoms with Crippen LogP contribution < -0.4 is 20.0 Å². The Morgan fingerprint density at radius 3 is 2.23 bits per heavy atom. The van der Waals surface area contributed by atoms with E-state index in [1.165, 1.54) is 11.0 Å². The van der Waals surface area contributed by atoms with Gasteiger partial charge in [-0.1, -0.05) is 6.07 Å². The molecular weight excluding hydrogens is 797 g/mol. The molecule has 1 atom stereocenters. The highest BCUT2D eigenvalue weighted by molar-refractivity contribution is 6.23. The molecule has 1 unspecified atom stereocenters. The number of nitriles is 1. The molecule has 13 nitrogen and oxygen atoms in total. The van der Waals surface area contributed by atoms with Crippen molar-refractivity contribution >= 4 is 52.4 Å². The summed E-state index contributed by atoms with van der Waals surface area (Å²) in [7, 11) is 0. The number of anilines is 4. The van der Waals surface area contributed by atoms with Crippen molar-refractivity contribution in [2.45, 2.75) is 44.3 Å². The zero-order valence-electron chi connectivity index (χ0n) is 33.1. The number of fused-ring (bicyclic) bond motifs is 2. The summed E-state index contributed by atoms with van der Waals surface area (Å²) in [6, 6.07) is 17.1. The fourth-order valence-corrected chi connectivity index (χ4v) is 9.06. The largest absolute Gasteiger partial charge is 0.417 e. The average Bonchev–Trinajstić information content (AvgIpc) is 3.58. The number of piperazine rings is 1. The molecule has 5 aliphatic heterocycles. The van der Waals surface area contributed by atoms with E-state index >= 15 is 4.39 Å². The minimum atomic E-state index is -4.80. The van der Waals surface area contributed by atoms with Crippen LogP contribution in [0.25, 0.3) is 11.1 Å². The Hall–Kier alpha value is -6.67. The summed E-state index contributed by atoms with van der Waals surface area (Å²) < 4.78 is 57.1. The van der Waals surface area contributed by atoms with E-state index in [2.05, 4.69) is 20.1 Å². The fourth-order valence-electron chi connectivity index (χ4n) is 9.06. The summed E-state index contributed by atoms with van der Waals surface area (Å²) in [5, 5.41) is 11.4. The second-order valence-electron chi connectivity index (χ2n) is 16.6. The number of halogens is 4. The standard InChI is InChI=1S/C44H38F4N8O5/c1-43(2)33-17-25(4-9-34(33)55(42(43)61)28-5-3-26(20-49)32(19-28)44(46,47)48)29-8-11-36(50-38(29)45)54-22-24(23-54)21-52-13-15-53(16-14-52)27-6-7-30-31(18-27)41(60)56(40(30)59)35-10-12-37(57)51-39(35)58/h3-9,11,17-19,24,35H,10,12-16,21-23H2,1-2H3,(H,51,57,58). The summed E-state index contributed by atoms with van der Waals surface area (Å²) in [6.07, 6.45) is -4.65. The number of aromatic nitrogens is 1. The third kappa shape index (κ3) is 6.75. The molecule has 61 heavy (non-hydrogen) atoms. The zero-order valence-corrected chi connectivity index (χ0v) is 33.1. The Morgan fingerprint density at radius 1 is 0.836 bits per heavy atom. The molecular formula is C44H38F4N8O5. The fraction of sp³-hybridized carbons (Fsp3) is 0.341. The van der Waals surface area contributed by atoms with Crippen LogP contribution in [0.2, 0.25) is 0 Å². The highest BCUT2D eigenvalue weighted by atomic mass is 19.4. The Kier molecular flexibility index (Phi) is 9.46. The minimum absolute atomic E-state index is 0.0284. The summed E-state index contributed by atoms with van der Waals surface area (Å²) in [5.74, 6) is -2.48. The molecule has 5 amide bonds. The third-order valence-corrected chi connectivity index (χ3v) is 12.4. The maximum absolute atomic E-state index is 15.7. The molecule has 3 aromatic carbocycles. The molecule has 6 heterocycles. The first kappa shape index (κ1) is 39.8. The van der Waals surface area contributed by atoms with E-state index in [0.717, 1.165) is 42.4 Å². The maximum Gasteiger partial charge on any atom is 0.417 e. The first-order valence-electron chi connectivity index (χ1n) is 19.9. The Morgan fingerprint density at radius 2 is 1.54 bits per heavy atom. The van der Waals surface area contributed by atoms with Crippen LogP contribution in [0.15, 0.2) is 66.7 Å². The molecule has 0 aliphatic carbocycles. The van der Waals surface area contributed by atoms with Crippen molar-refractivity contribution in [2.24, 2.45) is 5.92 Å². The smallest absolute Gasteiger partial charge is 0.369 e. The number of benzene rings is 3. The van der Waals surface area contributed by atoms with Crippen molar-refractivity contribution in [1.82, 2.24) is 20.1 Å². The van der Waals surface area contributed by atoms with E-state index in [-0.39, 0.29) is 35.2 Å². The van der Waals surface area contributed by atoms with Crippen LogP contribution in [-0.4, -0.2) is 96.2 Å². The maximum atomic E-state index is 15.7. The predicted octanol–water partition coefficient (Wildman–Crippen LogP) is 5.39. The first-order valence-corrected chi connectivity index (χ1v) is 19.9. The van der Waals surface area contributed by atoms with Gasteiger partial charge in [0.2, 0.25) is 23.7 Å². The lowest BCUT2D eigenvalue weighted by Gasteiger charge is -2.44. The minimum Gasteiger partial charge on any atom is -0.369 e. The number of hydrogen-bond donors (Lipinski definition) is 1. The molecule has 3 fully saturated rings. The van der Waals surface area contributed by atoms with Gasteiger partial charge in [0.1, 0.15) is 11.9 Å². The van der Waals surface area contributed by atoms with Crippen molar-refractivity contribution in [1.29, 1.82) is 5.26 Å². The molecule has 1 aromatic heterocycles. The lowest BCUT2D eigenvalue weighted by Crippen LogP contribution is -2.55. The van der Waals surface area contributed by atoms with Gasteiger partial charge in [-0.15, -0.1) is 0 Å². The van der Waals surface area contributed by atoms with E-state index in [1.54, 1.807) is 62.4 Å². The van der Waals surface area contributed by atoms with Gasteiger partial charge in [-0.3, -0.25) is 44.0 Å². The van der Waals surface area contributed by atoms with Crippen molar-refractivity contribution in [3.63, 3.8) is 0 Å². The van der Waals surface area contributed by atoms with E-state index < -0.39 is 64.2 Å². The van der Waals surface area contributed by atoms with Gasteiger partial charge in [0.05, 0.1) is 39.4 Å². The predicted molar refractivity (Wildman–Crippen MR) is 213 cm³/mol. The van der Waals surface area contributed by atoms with Gasteiger partial charge in [0.15, 0.2) is 0 Å². The second-order valence-corrected chi connectivity index (χ2v) is 16.6. The van der Waals surface area contributed by atoms with Crippen LogP contribution >= 0.6 is 0 Å². The number of pyridine rings is 1. The molecule has 0 bridgehead atoms. The normalized spacial score (nSPS) is 20.5. The van der Waals surface area contributed by atoms with Crippen molar-refractivity contribution < 1.29 is 41.5 Å². The summed E-state index contributed by atoms with van der Waals surface area (Å²) in [6.45, 7) is 8.47. The lowest BCUT2D eigenvalue weighted by atomic mass is 9.85. The number of alkyl halides is 3. The number of nitrogens with one attached hydrogen (secondary N) is 1. The molecule has 5 aliphatic rings. The van der Waals surface area contributed by atoms with E-state index in [1.807, 2.05) is 11.0 Å². The van der Waals surface area contributed by atoms with Gasteiger partial charge in [-0.25, -0.2) is 4.98 Å². The zero-order chi connectivity index (χ0) is 43.1. The van der Waals surface area contributed by atoms with Crippen molar-refractivity contribution in [3.8, 4) is 17.2 Å². The van der Waals surface area contributed by atoms with Crippen molar-refractivity contribution in [3.05, 3.63) is 100 Å². The summed E-state index contributed by atoms with van der Waals surface area (Å²) in [4.78, 5) is 77.1. The van der Waals surface area contributed by atoms with Gasteiger partial charge < -0.3 is 9.80 Å².